The molecule has 0 saturated heterocycles. The maximum absolute atomic E-state index is 11.5. The third-order valence-corrected chi connectivity index (χ3v) is 4.01. The molecule has 0 spiro atoms. The molecule has 6 heteroatoms. The number of carbonyl (C=O) groups excluding carboxylic acids is 1. The van der Waals surface area contributed by atoms with E-state index >= 15 is 0 Å². The molecule has 1 aliphatic heterocycles. The van der Waals surface area contributed by atoms with E-state index < -0.39 is 5.91 Å². The van der Waals surface area contributed by atoms with Crippen molar-refractivity contribution in [3.8, 4) is 0 Å². The Morgan fingerprint density at radius 2 is 1.88 bits per heavy atom. The number of nitrogens with two attached hydrogens (primary N) is 1. The number of hydrogen-bond donors (Lipinski definition) is 2. The van der Waals surface area contributed by atoms with Crippen LogP contribution in [0.25, 0.3) is 0 Å². The first-order valence-electron chi connectivity index (χ1n) is 7.54. The summed E-state index contributed by atoms with van der Waals surface area (Å²) in [6.45, 7) is 0. The molecule has 3 aromatic rings. The molecule has 24 heavy (non-hydrogen) atoms. The highest BCUT2D eigenvalue weighted by Gasteiger charge is 2.31. The Balaban J connectivity index is 1.85. The number of anilines is 3. The average molecular weight is 317 g/mol. The first kappa shape index (κ1) is 14.2. The number of pyridine rings is 2. The summed E-state index contributed by atoms with van der Waals surface area (Å²) in [4.78, 5) is 22.1. The molecule has 3 heterocycles. The van der Waals surface area contributed by atoms with Crippen LogP contribution in [-0.2, 0) is 0 Å². The molecule has 6 nitrogen and oxygen atoms in total. The van der Waals surface area contributed by atoms with Crippen molar-refractivity contribution in [2.45, 2.75) is 6.17 Å². The summed E-state index contributed by atoms with van der Waals surface area (Å²) in [6, 6.07) is 15.2. The van der Waals surface area contributed by atoms with Gasteiger partial charge in [-0.2, -0.15) is 0 Å². The maximum atomic E-state index is 11.5. The van der Waals surface area contributed by atoms with Gasteiger partial charge in [0.1, 0.15) is 12.0 Å². The standard InChI is InChI=1S/C18H15N5O/c19-17(24)13-7-10-21-16(11-13)23-15-4-2-1-3-14(15)22-18(23)12-5-8-20-9-6-12/h1-11,18,22H,(H2,19,24). The van der Waals surface area contributed by atoms with Gasteiger partial charge in [-0.25, -0.2) is 4.98 Å². The highest BCUT2D eigenvalue weighted by molar-refractivity contribution is 5.94. The van der Waals surface area contributed by atoms with Gasteiger partial charge in [-0.15, -0.1) is 0 Å². The lowest BCUT2D eigenvalue weighted by atomic mass is 10.2. The van der Waals surface area contributed by atoms with Gasteiger partial charge in [0.05, 0.1) is 11.4 Å². The number of amides is 1. The van der Waals surface area contributed by atoms with Crippen LogP contribution in [0, 0.1) is 0 Å². The van der Waals surface area contributed by atoms with Crippen molar-refractivity contribution >= 4 is 23.1 Å². The second kappa shape index (κ2) is 5.66. The van der Waals surface area contributed by atoms with Crippen molar-refractivity contribution in [2.24, 2.45) is 5.73 Å². The van der Waals surface area contributed by atoms with Crippen LogP contribution in [0.4, 0.5) is 17.2 Å². The zero-order valence-electron chi connectivity index (χ0n) is 12.8. The predicted molar refractivity (Wildman–Crippen MR) is 91.9 cm³/mol. The molecule has 0 fully saturated rings. The molecule has 0 aliphatic carbocycles. The largest absolute Gasteiger partial charge is 0.366 e. The van der Waals surface area contributed by atoms with Crippen LogP contribution >= 0.6 is 0 Å². The number of para-hydroxylation sites is 2. The van der Waals surface area contributed by atoms with Gasteiger partial charge in [0.2, 0.25) is 5.91 Å². The fourth-order valence-electron chi connectivity index (χ4n) is 2.89. The van der Waals surface area contributed by atoms with Crippen LogP contribution in [0.2, 0.25) is 0 Å². The molecule has 1 amide bonds. The molecule has 118 valence electrons. The summed E-state index contributed by atoms with van der Waals surface area (Å²) in [5, 5.41) is 3.49. The van der Waals surface area contributed by atoms with Gasteiger partial charge in [-0.3, -0.25) is 14.7 Å². The Labute approximate surface area is 139 Å². The number of hydrogen-bond acceptors (Lipinski definition) is 5. The SMILES string of the molecule is NC(=O)c1ccnc(N2c3ccccc3NC2c2ccncc2)c1. The molecule has 0 bridgehead atoms. The minimum absolute atomic E-state index is 0.138. The topological polar surface area (TPSA) is 84.1 Å². The van der Waals surface area contributed by atoms with E-state index in [4.69, 9.17) is 5.73 Å². The molecule has 1 aromatic carbocycles. The molecular formula is C18H15N5O. The lowest BCUT2D eigenvalue weighted by Crippen LogP contribution is -2.24. The van der Waals surface area contributed by atoms with Gasteiger partial charge in [0.15, 0.2) is 0 Å². The molecular weight excluding hydrogens is 302 g/mol. The fraction of sp³-hybridized carbons (Fsp3) is 0.0556. The highest BCUT2D eigenvalue weighted by Crippen LogP contribution is 2.44. The number of carbonyl (C=O) groups is 1. The monoisotopic (exact) mass is 317 g/mol. The van der Waals surface area contributed by atoms with Crippen molar-refractivity contribution < 1.29 is 4.79 Å². The van der Waals surface area contributed by atoms with Gasteiger partial charge in [-0.1, -0.05) is 12.1 Å². The molecule has 0 saturated carbocycles. The van der Waals surface area contributed by atoms with Crippen molar-refractivity contribution in [1.82, 2.24) is 9.97 Å². The van der Waals surface area contributed by atoms with Gasteiger partial charge >= 0.3 is 0 Å². The van der Waals surface area contributed by atoms with E-state index in [0.29, 0.717) is 11.4 Å². The Morgan fingerprint density at radius 1 is 1.08 bits per heavy atom. The second-order valence-electron chi connectivity index (χ2n) is 5.48. The predicted octanol–water partition coefficient (Wildman–Crippen LogP) is 2.84. The van der Waals surface area contributed by atoms with Gasteiger partial charge in [0, 0.05) is 24.2 Å². The fourth-order valence-corrected chi connectivity index (χ4v) is 2.89. The Kier molecular flexibility index (Phi) is 3.35. The first-order chi connectivity index (χ1) is 11.7. The maximum Gasteiger partial charge on any atom is 0.248 e. The lowest BCUT2D eigenvalue weighted by molar-refractivity contribution is 0.1000. The third kappa shape index (κ3) is 2.34. The van der Waals surface area contributed by atoms with E-state index in [-0.39, 0.29) is 6.17 Å². The molecule has 1 unspecified atom stereocenters. The first-order valence-corrected chi connectivity index (χ1v) is 7.54. The number of fused-ring (bicyclic) bond motifs is 1. The van der Waals surface area contributed by atoms with Crippen LogP contribution in [-0.4, -0.2) is 15.9 Å². The van der Waals surface area contributed by atoms with Gasteiger partial charge in [0.25, 0.3) is 0 Å². The normalized spacial score (nSPS) is 15.7. The van der Waals surface area contributed by atoms with Crippen molar-refractivity contribution in [1.29, 1.82) is 0 Å². The summed E-state index contributed by atoms with van der Waals surface area (Å²) >= 11 is 0. The van der Waals surface area contributed by atoms with E-state index in [1.54, 1.807) is 30.7 Å². The number of nitrogens with one attached hydrogen (secondary N) is 1. The smallest absolute Gasteiger partial charge is 0.248 e. The Hall–Kier alpha value is -3.41. The molecule has 3 N–H and O–H groups in total. The molecule has 1 aliphatic rings. The summed E-state index contributed by atoms with van der Waals surface area (Å²) in [7, 11) is 0. The molecule has 4 rings (SSSR count). The summed E-state index contributed by atoms with van der Waals surface area (Å²) < 4.78 is 0. The van der Waals surface area contributed by atoms with Crippen molar-refractivity contribution in [2.75, 3.05) is 10.2 Å². The van der Waals surface area contributed by atoms with Crippen LogP contribution in [0.1, 0.15) is 22.1 Å². The number of aromatic nitrogens is 2. The molecule has 2 aromatic heterocycles. The zero-order chi connectivity index (χ0) is 16.5. The number of rotatable bonds is 3. The number of primary amides is 1. The van der Waals surface area contributed by atoms with Gasteiger partial charge in [-0.05, 0) is 42.0 Å². The van der Waals surface area contributed by atoms with E-state index in [1.807, 2.05) is 36.4 Å². The van der Waals surface area contributed by atoms with E-state index in [2.05, 4.69) is 20.2 Å². The zero-order valence-corrected chi connectivity index (χ0v) is 12.8. The average Bonchev–Trinajstić information content (AvgIpc) is 3.02. The summed E-state index contributed by atoms with van der Waals surface area (Å²) in [5.74, 6) is 0.185. The van der Waals surface area contributed by atoms with Crippen molar-refractivity contribution in [3.05, 3.63) is 78.2 Å². The minimum atomic E-state index is -0.473. The van der Waals surface area contributed by atoms with E-state index in [0.717, 1.165) is 16.9 Å². The second-order valence-corrected chi connectivity index (χ2v) is 5.48. The van der Waals surface area contributed by atoms with Crippen molar-refractivity contribution in [3.63, 3.8) is 0 Å². The van der Waals surface area contributed by atoms with E-state index in [9.17, 15) is 4.79 Å². The summed E-state index contributed by atoms with van der Waals surface area (Å²) in [5.41, 5.74) is 8.89. The Morgan fingerprint density at radius 3 is 2.67 bits per heavy atom. The van der Waals surface area contributed by atoms with Crippen LogP contribution in [0.15, 0.2) is 67.1 Å². The minimum Gasteiger partial charge on any atom is -0.366 e. The number of benzene rings is 1. The van der Waals surface area contributed by atoms with Gasteiger partial charge < -0.3 is 11.1 Å². The van der Waals surface area contributed by atoms with Crippen LogP contribution < -0.4 is 16.0 Å². The lowest BCUT2D eigenvalue weighted by Gasteiger charge is -2.26. The number of nitrogens with zero attached hydrogens (tertiary/aromatic N) is 3. The quantitative estimate of drug-likeness (QED) is 0.776. The third-order valence-electron chi connectivity index (χ3n) is 4.01. The van der Waals surface area contributed by atoms with E-state index in [1.165, 1.54) is 0 Å². The molecule has 0 radical (unpaired) electrons. The van der Waals surface area contributed by atoms with Crippen LogP contribution in [0.3, 0.4) is 0 Å². The van der Waals surface area contributed by atoms with Crippen LogP contribution in [0.5, 0.6) is 0 Å². The highest BCUT2D eigenvalue weighted by atomic mass is 16.1. The Bertz CT molecular complexity index is 897. The molecule has 1 atom stereocenters. The summed E-state index contributed by atoms with van der Waals surface area (Å²) in [6.07, 6.45) is 4.97.